The second-order valence-corrected chi connectivity index (χ2v) is 7.59. The zero-order chi connectivity index (χ0) is 19.2. The van der Waals surface area contributed by atoms with Crippen molar-refractivity contribution in [2.45, 2.75) is 63.6 Å². The maximum absolute atomic E-state index is 12.6. The lowest BCUT2D eigenvalue weighted by Gasteiger charge is -2.32. The second kappa shape index (κ2) is 9.03. The highest BCUT2D eigenvalue weighted by atomic mass is 16.5. The molecule has 0 bridgehead atoms. The van der Waals surface area contributed by atoms with Gasteiger partial charge in [-0.05, 0) is 25.0 Å². The number of amides is 2. The summed E-state index contributed by atoms with van der Waals surface area (Å²) in [5, 5.41) is 11.3. The van der Waals surface area contributed by atoms with Gasteiger partial charge in [0.2, 0.25) is 0 Å². The lowest BCUT2D eigenvalue weighted by Crippen LogP contribution is -2.46. The Morgan fingerprint density at radius 2 is 1.86 bits per heavy atom. The van der Waals surface area contributed by atoms with E-state index in [2.05, 4.69) is 25.1 Å². The third kappa shape index (κ3) is 4.61. The molecule has 1 saturated heterocycles. The van der Waals surface area contributed by atoms with Gasteiger partial charge in [-0.2, -0.15) is 0 Å². The summed E-state index contributed by atoms with van der Waals surface area (Å²) in [6, 6.07) is 4.15. The molecule has 2 aliphatic rings. The van der Waals surface area contributed by atoms with Gasteiger partial charge in [0.05, 0.1) is 6.54 Å². The Kier molecular flexibility index (Phi) is 6.04. The number of ether oxygens (including phenoxy) is 1. The lowest BCUT2D eigenvalue weighted by atomic mass is 9.95. The molecule has 3 heterocycles. The molecule has 2 fully saturated rings. The summed E-state index contributed by atoms with van der Waals surface area (Å²) in [6.07, 6.45) is 13.2. The molecule has 1 aliphatic carbocycles. The van der Waals surface area contributed by atoms with E-state index in [1.165, 1.54) is 32.1 Å². The first-order chi connectivity index (χ1) is 13.8. The van der Waals surface area contributed by atoms with Gasteiger partial charge in [-0.1, -0.05) is 19.3 Å². The van der Waals surface area contributed by atoms with Crippen molar-refractivity contribution in [1.82, 2.24) is 30.0 Å². The fourth-order valence-electron chi connectivity index (χ4n) is 4.11. The molecule has 1 saturated carbocycles. The van der Waals surface area contributed by atoms with E-state index >= 15 is 0 Å². The smallest absolute Gasteiger partial charge is 0.317 e. The van der Waals surface area contributed by atoms with Crippen LogP contribution in [0.2, 0.25) is 0 Å². The van der Waals surface area contributed by atoms with Crippen LogP contribution in [-0.4, -0.2) is 49.9 Å². The van der Waals surface area contributed by atoms with Crippen molar-refractivity contribution in [2.75, 3.05) is 13.1 Å². The molecule has 1 N–H and O–H groups in total. The quantitative estimate of drug-likeness (QED) is 0.857. The van der Waals surface area contributed by atoms with Gasteiger partial charge in [-0.25, -0.2) is 4.79 Å². The van der Waals surface area contributed by atoms with Crippen molar-refractivity contribution in [3.63, 3.8) is 0 Å². The molecule has 0 aromatic carbocycles. The number of aromatic nitrogens is 4. The van der Waals surface area contributed by atoms with Crippen LogP contribution in [0.15, 0.2) is 30.9 Å². The minimum absolute atomic E-state index is 0.0412. The molecule has 2 amide bonds. The van der Waals surface area contributed by atoms with E-state index < -0.39 is 0 Å². The second-order valence-electron chi connectivity index (χ2n) is 7.59. The number of carbonyl (C=O) groups excluding carboxylic acids is 1. The number of rotatable bonds is 5. The zero-order valence-electron chi connectivity index (χ0n) is 16.2. The first kappa shape index (κ1) is 18.7. The molecule has 150 valence electrons. The van der Waals surface area contributed by atoms with Gasteiger partial charge in [-0.3, -0.25) is 4.98 Å². The van der Waals surface area contributed by atoms with Gasteiger partial charge in [0.15, 0.2) is 5.82 Å². The number of piperidine rings is 1. The summed E-state index contributed by atoms with van der Waals surface area (Å²) in [5.74, 6) is 1.68. The fraction of sp³-hybridized carbons (Fsp3) is 0.600. The van der Waals surface area contributed by atoms with Crippen LogP contribution >= 0.6 is 0 Å². The van der Waals surface area contributed by atoms with E-state index in [0.29, 0.717) is 25.7 Å². The summed E-state index contributed by atoms with van der Waals surface area (Å²) in [7, 11) is 0. The van der Waals surface area contributed by atoms with Crippen LogP contribution in [0.5, 0.6) is 5.75 Å². The third-order valence-corrected chi connectivity index (χ3v) is 5.69. The summed E-state index contributed by atoms with van der Waals surface area (Å²) < 4.78 is 8.11. The average molecular weight is 384 g/mol. The van der Waals surface area contributed by atoms with Crippen molar-refractivity contribution in [3.05, 3.63) is 36.7 Å². The number of nitrogens with zero attached hydrogens (tertiary/aromatic N) is 5. The number of likely N-dealkylation sites (tertiary alicyclic amines) is 1. The molecular weight excluding hydrogens is 356 g/mol. The Hall–Kier alpha value is -2.64. The van der Waals surface area contributed by atoms with E-state index in [1.807, 2.05) is 17.0 Å². The van der Waals surface area contributed by atoms with Gasteiger partial charge in [0, 0.05) is 44.4 Å². The molecule has 2 aromatic heterocycles. The first-order valence-corrected chi connectivity index (χ1v) is 10.3. The predicted molar refractivity (Wildman–Crippen MR) is 104 cm³/mol. The Balaban J connectivity index is 1.24. The van der Waals surface area contributed by atoms with Gasteiger partial charge in [-0.15, -0.1) is 10.2 Å². The number of hydrogen-bond acceptors (Lipinski definition) is 5. The van der Waals surface area contributed by atoms with Crippen molar-refractivity contribution in [2.24, 2.45) is 0 Å². The summed E-state index contributed by atoms with van der Waals surface area (Å²) >= 11 is 0. The normalized spacial score (nSPS) is 18.8. The van der Waals surface area contributed by atoms with E-state index in [4.69, 9.17) is 4.74 Å². The summed E-state index contributed by atoms with van der Waals surface area (Å²) in [5.41, 5.74) is 0. The summed E-state index contributed by atoms with van der Waals surface area (Å²) in [6.45, 7) is 1.80. The largest absolute Gasteiger partial charge is 0.490 e. The van der Waals surface area contributed by atoms with Crippen molar-refractivity contribution in [1.29, 1.82) is 0 Å². The van der Waals surface area contributed by atoms with Crippen molar-refractivity contribution < 1.29 is 9.53 Å². The van der Waals surface area contributed by atoms with Gasteiger partial charge in [0.1, 0.15) is 18.2 Å². The highest BCUT2D eigenvalue weighted by Crippen LogP contribution is 2.28. The standard InChI is InChI=1S/C20H28N6O2/c27-20(22-14-19-24-23-15-26(19)16-4-2-1-3-5-16)25-12-8-18(9-13-25)28-17-6-10-21-11-7-17/h6-7,10-11,15-16,18H,1-5,8-9,12-14H2,(H,22,27). The minimum atomic E-state index is -0.0412. The van der Waals surface area contributed by atoms with E-state index in [-0.39, 0.29) is 12.1 Å². The summed E-state index contributed by atoms with van der Waals surface area (Å²) in [4.78, 5) is 18.4. The highest BCUT2D eigenvalue weighted by Gasteiger charge is 2.24. The maximum Gasteiger partial charge on any atom is 0.317 e. The maximum atomic E-state index is 12.6. The van der Waals surface area contributed by atoms with Crippen molar-refractivity contribution in [3.8, 4) is 5.75 Å². The molecular formula is C20H28N6O2. The van der Waals surface area contributed by atoms with Crippen LogP contribution in [0.3, 0.4) is 0 Å². The van der Waals surface area contributed by atoms with Crippen LogP contribution in [0.25, 0.3) is 0 Å². The number of urea groups is 1. The average Bonchev–Trinajstić information content (AvgIpc) is 3.23. The van der Waals surface area contributed by atoms with Gasteiger partial charge in [0.25, 0.3) is 0 Å². The van der Waals surface area contributed by atoms with E-state index in [1.54, 1.807) is 18.7 Å². The molecule has 0 unspecified atom stereocenters. The highest BCUT2D eigenvalue weighted by molar-refractivity contribution is 5.74. The van der Waals surface area contributed by atoms with Crippen LogP contribution in [0.1, 0.15) is 56.8 Å². The lowest BCUT2D eigenvalue weighted by molar-refractivity contribution is 0.110. The fourth-order valence-corrected chi connectivity index (χ4v) is 4.11. The molecule has 0 spiro atoms. The first-order valence-electron chi connectivity index (χ1n) is 10.3. The number of pyridine rings is 1. The monoisotopic (exact) mass is 384 g/mol. The van der Waals surface area contributed by atoms with Crippen molar-refractivity contribution >= 4 is 6.03 Å². The Bertz CT molecular complexity index is 751. The number of hydrogen-bond donors (Lipinski definition) is 1. The number of carbonyl (C=O) groups is 1. The van der Waals surface area contributed by atoms with Crippen LogP contribution < -0.4 is 10.1 Å². The van der Waals surface area contributed by atoms with Crippen LogP contribution in [0, 0.1) is 0 Å². The molecule has 1 aliphatic heterocycles. The molecule has 2 aromatic rings. The molecule has 0 atom stereocenters. The molecule has 0 radical (unpaired) electrons. The Morgan fingerprint density at radius 1 is 1.11 bits per heavy atom. The molecule has 28 heavy (non-hydrogen) atoms. The molecule has 4 rings (SSSR count). The third-order valence-electron chi connectivity index (χ3n) is 5.69. The van der Waals surface area contributed by atoms with Gasteiger partial charge >= 0.3 is 6.03 Å². The van der Waals surface area contributed by atoms with E-state index in [9.17, 15) is 4.79 Å². The Labute approximate surface area is 165 Å². The van der Waals surface area contributed by atoms with Crippen LogP contribution in [-0.2, 0) is 6.54 Å². The van der Waals surface area contributed by atoms with E-state index in [0.717, 1.165) is 24.4 Å². The molecule has 8 nitrogen and oxygen atoms in total. The Morgan fingerprint density at radius 3 is 2.61 bits per heavy atom. The number of nitrogens with one attached hydrogen (secondary N) is 1. The zero-order valence-corrected chi connectivity index (χ0v) is 16.2. The minimum Gasteiger partial charge on any atom is -0.490 e. The topological polar surface area (TPSA) is 85.2 Å². The SMILES string of the molecule is O=C(NCc1nncn1C1CCCCC1)N1CCC(Oc2ccncc2)CC1. The predicted octanol–water partition coefficient (Wildman–Crippen LogP) is 2.93. The van der Waals surface area contributed by atoms with Crippen LogP contribution in [0.4, 0.5) is 4.79 Å². The van der Waals surface area contributed by atoms with Gasteiger partial charge < -0.3 is 19.5 Å². The molecule has 8 heteroatoms.